The van der Waals surface area contributed by atoms with Crippen LogP contribution in [0.1, 0.15) is 6.42 Å². The number of nitrogens with zero attached hydrogens (tertiary/aromatic N) is 1. The number of ether oxygens (including phenoxy) is 2. The molecule has 1 amide bonds. The summed E-state index contributed by atoms with van der Waals surface area (Å²) in [5.74, 6) is 0.755. The van der Waals surface area contributed by atoms with Crippen molar-refractivity contribution < 1.29 is 14.3 Å². The van der Waals surface area contributed by atoms with E-state index in [0.717, 1.165) is 5.56 Å². The van der Waals surface area contributed by atoms with Crippen LogP contribution in [0.4, 0.5) is 5.13 Å². The Labute approximate surface area is 147 Å². The van der Waals surface area contributed by atoms with Crippen LogP contribution in [0.3, 0.4) is 0 Å². The van der Waals surface area contributed by atoms with E-state index in [-0.39, 0.29) is 11.8 Å². The van der Waals surface area contributed by atoms with Crippen molar-refractivity contribution in [2.24, 2.45) is 5.92 Å². The van der Waals surface area contributed by atoms with Crippen molar-refractivity contribution in [2.45, 2.75) is 10.8 Å². The molecular weight excluding hydrogens is 359 g/mol. The molecule has 1 N–H and O–H groups in total. The normalized spacial score (nSPS) is 18.3. The van der Waals surface area contributed by atoms with Crippen LogP contribution >= 0.6 is 34.5 Å². The molecule has 8 heteroatoms. The summed E-state index contributed by atoms with van der Waals surface area (Å²) >= 11 is 13.1. The van der Waals surface area contributed by atoms with Crippen LogP contribution in [0, 0.1) is 5.92 Å². The third-order valence-corrected chi connectivity index (χ3v) is 5.15. The van der Waals surface area contributed by atoms with Gasteiger partial charge in [-0.3, -0.25) is 4.79 Å². The Kier molecular flexibility index (Phi) is 4.40. The lowest BCUT2D eigenvalue weighted by atomic mass is 10.1. The lowest BCUT2D eigenvalue weighted by Crippen LogP contribution is -2.16. The second kappa shape index (κ2) is 6.19. The quantitative estimate of drug-likeness (QED) is 0.806. The molecule has 3 rings (SSSR count). The van der Waals surface area contributed by atoms with Gasteiger partial charge in [-0.1, -0.05) is 0 Å². The lowest BCUT2D eigenvalue weighted by molar-refractivity contribution is -0.117. The zero-order valence-electron chi connectivity index (χ0n) is 12.4. The number of anilines is 1. The largest absolute Gasteiger partial charge is 0.497 e. The van der Waals surface area contributed by atoms with Crippen LogP contribution in [-0.2, 0) is 4.79 Å². The Morgan fingerprint density at radius 2 is 2.13 bits per heavy atom. The fourth-order valence-corrected chi connectivity index (χ4v) is 3.38. The zero-order valence-corrected chi connectivity index (χ0v) is 14.8. The molecule has 1 unspecified atom stereocenters. The van der Waals surface area contributed by atoms with Gasteiger partial charge >= 0.3 is 0 Å². The second-order valence-corrected chi connectivity index (χ2v) is 7.51. The van der Waals surface area contributed by atoms with Gasteiger partial charge in [0.2, 0.25) is 5.91 Å². The van der Waals surface area contributed by atoms with Gasteiger partial charge in [-0.25, -0.2) is 4.98 Å². The molecule has 5 nitrogen and oxygen atoms in total. The molecule has 1 aliphatic rings. The maximum atomic E-state index is 12.0. The molecule has 0 spiro atoms. The van der Waals surface area contributed by atoms with Crippen molar-refractivity contribution in [1.82, 2.24) is 4.98 Å². The Balaban J connectivity index is 1.78. The molecule has 122 valence electrons. The number of thiazole rings is 1. The first-order valence-corrected chi connectivity index (χ1v) is 8.45. The molecular formula is C15H14Cl2N2O3S. The van der Waals surface area contributed by atoms with Gasteiger partial charge in [0.05, 0.1) is 25.8 Å². The number of hydrogen-bond acceptors (Lipinski definition) is 5. The molecule has 1 aromatic carbocycles. The summed E-state index contributed by atoms with van der Waals surface area (Å²) in [5, 5.41) is 5.09. The lowest BCUT2D eigenvalue weighted by Gasteiger charge is -2.08. The highest BCUT2D eigenvalue weighted by atomic mass is 35.5. The molecule has 1 heterocycles. The minimum Gasteiger partial charge on any atom is -0.497 e. The van der Waals surface area contributed by atoms with E-state index in [1.807, 2.05) is 17.5 Å². The second-order valence-electron chi connectivity index (χ2n) is 5.11. The molecule has 2 aromatic rings. The number of methoxy groups -OCH3 is 2. The SMILES string of the molecule is COc1ccc(-c2csc(NC(=O)C3CC3(Cl)Cl)n2)c(OC)c1. The summed E-state index contributed by atoms with van der Waals surface area (Å²) in [6.45, 7) is 0. The monoisotopic (exact) mass is 372 g/mol. The summed E-state index contributed by atoms with van der Waals surface area (Å²) in [5.41, 5.74) is 1.53. The first kappa shape index (κ1) is 16.4. The van der Waals surface area contributed by atoms with Gasteiger partial charge in [-0.2, -0.15) is 0 Å². The summed E-state index contributed by atoms with van der Waals surface area (Å²) in [6.07, 6.45) is 0.465. The molecule has 1 aromatic heterocycles. The Morgan fingerprint density at radius 1 is 1.39 bits per heavy atom. The van der Waals surface area contributed by atoms with Crippen molar-refractivity contribution in [3.05, 3.63) is 23.6 Å². The van der Waals surface area contributed by atoms with E-state index in [2.05, 4.69) is 10.3 Å². The van der Waals surface area contributed by atoms with Crippen LogP contribution in [0.15, 0.2) is 23.6 Å². The fraction of sp³-hybridized carbons (Fsp3) is 0.333. The van der Waals surface area contributed by atoms with Gasteiger partial charge in [-0.05, 0) is 18.6 Å². The molecule has 0 saturated heterocycles. The smallest absolute Gasteiger partial charge is 0.232 e. The molecule has 0 bridgehead atoms. The summed E-state index contributed by atoms with van der Waals surface area (Å²) < 4.78 is 9.61. The zero-order chi connectivity index (χ0) is 16.6. The van der Waals surface area contributed by atoms with Gasteiger partial charge in [0.15, 0.2) is 5.13 Å². The fourth-order valence-electron chi connectivity index (χ4n) is 2.16. The van der Waals surface area contributed by atoms with Gasteiger partial charge in [-0.15, -0.1) is 34.5 Å². The average Bonchev–Trinajstić information content (AvgIpc) is 2.95. The average molecular weight is 373 g/mol. The highest BCUT2D eigenvalue weighted by molar-refractivity contribution is 7.14. The van der Waals surface area contributed by atoms with Crippen LogP contribution in [-0.4, -0.2) is 29.4 Å². The van der Waals surface area contributed by atoms with Crippen molar-refractivity contribution in [3.8, 4) is 22.8 Å². The Bertz CT molecular complexity index is 748. The molecule has 0 radical (unpaired) electrons. The predicted octanol–water partition coefficient (Wildman–Crippen LogP) is 3.96. The first-order chi connectivity index (χ1) is 10.9. The minimum atomic E-state index is -0.941. The summed E-state index contributed by atoms with van der Waals surface area (Å²) in [7, 11) is 3.18. The van der Waals surface area contributed by atoms with Gasteiger partial charge < -0.3 is 14.8 Å². The van der Waals surface area contributed by atoms with E-state index in [0.29, 0.717) is 28.7 Å². The van der Waals surface area contributed by atoms with E-state index >= 15 is 0 Å². The van der Waals surface area contributed by atoms with Gasteiger partial charge in [0.25, 0.3) is 0 Å². The third kappa shape index (κ3) is 3.39. The minimum absolute atomic E-state index is 0.211. The molecule has 1 atom stereocenters. The number of amides is 1. The van der Waals surface area contributed by atoms with Gasteiger partial charge in [0, 0.05) is 17.0 Å². The van der Waals surface area contributed by atoms with Gasteiger partial charge in [0.1, 0.15) is 15.8 Å². The topological polar surface area (TPSA) is 60.5 Å². The Hall–Kier alpha value is -1.50. The van der Waals surface area contributed by atoms with Crippen molar-refractivity contribution in [3.63, 3.8) is 0 Å². The highest BCUT2D eigenvalue weighted by Gasteiger charge is 2.56. The number of alkyl halides is 2. The standard InChI is InChI=1S/C15H14Cl2N2O3S/c1-21-8-3-4-9(12(5-8)22-2)11-7-23-14(18-11)19-13(20)10-6-15(10,16)17/h3-5,7,10H,6H2,1-2H3,(H,18,19,20). The van der Waals surface area contributed by atoms with Crippen molar-refractivity contribution >= 4 is 45.6 Å². The number of rotatable bonds is 5. The number of carbonyl (C=O) groups excluding carboxylic acids is 1. The molecule has 1 fully saturated rings. The number of halogens is 2. The number of aromatic nitrogens is 1. The number of nitrogens with one attached hydrogen (secondary N) is 1. The highest BCUT2D eigenvalue weighted by Crippen LogP contribution is 2.53. The summed E-state index contributed by atoms with van der Waals surface area (Å²) in [4.78, 5) is 16.4. The molecule has 0 aliphatic heterocycles. The molecule has 1 saturated carbocycles. The molecule has 1 aliphatic carbocycles. The van der Waals surface area contributed by atoms with Crippen LogP contribution in [0.25, 0.3) is 11.3 Å². The van der Waals surface area contributed by atoms with Crippen molar-refractivity contribution in [2.75, 3.05) is 19.5 Å². The third-order valence-electron chi connectivity index (χ3n) is 3.56. The maximum Gasteiger partial charge on any atom is 0.232 e. The predicted molar refractivity (Wildman–Crippen MR) is 91.8 cm³/mol. The van der Waals surface area contributed by atoms with E-state index in [1.165, 1.54) is 11.3 Å². The van der Waals surface area contributed by atoms with E-state index < -0.39 is 4.33 Å². The number of benzene rings is 1. The van der Waals surface area contributed by atoms with Crippen LogP contribution in [0.2, 0.25) is 0 Å². The maximum absolute atomic E-state index is 12.0. The van der Waals surface area contributed by atoms with E-state index in [9.17, 15) is 4.79 Å². The Morgan fingerprint density at radius 3 is 2.74 bits per heavy atom. The number of carbonyl (C=O) groups is 1. The van der Waals surface area contributed by atoms with E-state index in [4.69, 9.17) is 32.7 Å². The summed E-state index contributed by atoms with van der Waals surface area (Å²) in [6, 6.07) is 5.48. The molecule has 23 heavy (non-hydrogen) atoms. The number of hydrogen-bond donors (Lipinski definition) is 1. The van der Waals surface area contributed by atoms with Crippen LogP contribution in [0.5, 0.6) is 11.5 Å². The van der Waals surface area contributed by atoms with Crippen LogP contribution < -0.4 is 14.8 Å². The van der Waals surface area contributed by atoms with Crippen molar-refractivity contribution in [1.29, 1.82) is 0 Å². The first-order valence-electron chi connectivity index (χ1n) is 6.81. The van der Waals surface area contributed by atoms with E-state index in [1.54, 1.807) is 20.3 Å².